The Hall–Kier alpha value is -3.78. The van der Waals surface area contributed by atoms with Crippen molar-refractivity contribution in [2.24, 2.45) is 5.10 Å². The van der Waals surface area contributed by atoms with Gasteiger partial charge in [0, 0.05) is 11.1 Å². The molecule has 0 spiro atoms. The maximum atomic E-state index is 9.00. The van der Waals surface area contributed by atoms with Crippen molar-refractivity contribution < 1.29 is 9.47 Å². The van der Waals surface area contributed by atoms with E-state index in [1.165, 1.54) is 0 Å². The summed E-state index contributed by atoms with van der Waals surface area (Å²) in [5.41, 5.74) is 6.50. The number of nitrogens with one attached hydrogen (secondary N) is 1. The van der Waals surface area contributed by atoms with Crippen LogP contribution in [0.15, 0.2) is 77.9 Å². The van der Waals surface area contributed by atoms with Crippen LogP contribution in [0.5, 0.6) is 11.5 Å². The van der Waals surface area contributed by atoms with E-state index in [0.29, 0.717) is 18.7 Å². The molecule has 0 fully saturated rings. The molecule has 0 bridgehead atoms. The Morgan fingerprint density at radius 1 is 1.00 bits per heavy atom. The predicted octanol–water partition coefficient (Wildman–Crippen LogP) is 4.27. The molecule has 1 N–H and O–H groups in total. The highest BCUT2D eigenvalue weighted by Crippen LogP contribution is 2.19. The molecule has 0 aliphatic heterocycles. The first kappa shape index (κ1) is 19.0. The van der Waals surface area contributed by atoms with Gasteiger partial charge in [0.25, 0.3) is 0 Å². The largest absolute Gasteiger partial charge is 0.496 e. The first-order valence-electron chi connectivity index (χ1n) is 8.89. The van der Waals surface area contributed by atoms with Gasteiger partial charge < -0.3 is 14.9 Å². The van der Waals surface area contributed by atoms with E-state index in [9.17, 15) is 0 Å². The lowest BCUT2D eigenvalue weighted by molar-refractivity contribution is 0.306. The van der Waals surface area contributed by atoms with Gasteiger partial charge in [0.05, 0.1) is 31.5 Å². The number of methoxy groups -OCH3 is 1. The summed E-state index contributed by atoms with van der Waals surface area (Å²) < 4.78 is 11.3. The number of rotatable bonds is 8. The van der Waals surface area contributed by atoms with Crippen LogP contribution in [-0.2, 0) is 13.2 Å². The lowest BCUT2D eigenvalue weighted by Gasteiger charge is -2.10. The average Bonchev–Trinajstić information content (AvgIpc) is 2.76. The van der Waals surface area contributed by atoms with Crippen molar-refractivity contribution in [3.63, 3.8) is 0 Å². The van der Waals surface area contributed by atoms with Gasteiger partial charge in [-0.15, -0.1) is 0 Å². The molecule has 0 aliphatic rings. The second-order valence-corrected chi connectivity index (χ2v) is 6.04. The molecule has 5 heteroatoms. The number of ether oxygens (including phenoxy) is 2. The van der Waals surface area contributed by atoms with Crippen LogP contribution in [0.3, 0.4) is 0 Å². The minimum absolute atomic E-state index is 0.384. The minimum Gasteiger partial charge on any atom is -0.496 e. The number of hydrazone groups is 1. The summed E-state index contributed by atoms with van der Waals surface area (Å²) in [6.07, 6.45) is 1.73. The van der Waals surface area contributed by atoms with Crippen LogP contribution in [0, 0.1) is 11.3 Å². The summed E-state index contributed by atoms with van der Waals surface area (Å²) in [4.78, 5) is 0. The number of benzene rings is 3. The van der Waals surface area contributed by atoms with Gasteiger partial charge in [-0.25, -0.2) is 0 Å². The highest BCUT2D eigenvalue weighted by molar-refractivity contribution is 5.83. The molecular weight excluding hydrogens is 350 g/mol. The first-order valence-corrected chi connectivity index (χ1v) is 8.89. The third-order valence-corrected chi connectivity index (χ3v) is 4.13. The SMILES string of the molecule is COc1ccccc1CN/N=C/c1ccccc1OCc1cccc(C#N)c1. The molecule has 3 aromatic carbocycles. The monoisotopic (exact) mass is 371 g/mol. The van der Waals surface area contributed by atoms with E-state index in [-0.39, 0.29) is 0 Å². The highest BCUT2D eigenvalue weighted by Gasteiger charge is 2.03. The average molecular weight is 371 g/mol. The quantitative estimate of drug-likeness (QED) is 0.474. The Morgan fingerprint density at radius 2 is 1.79 bits per heavy atom. The molecule has 0 unspecified atom stereocenters. The van der Waals surface area contributed by atoms with Crippen LogP contribution in [0.25, 0.3) is 0 Å². The van der Waals surface area contributed by atoms with E-state index in [1.807, 2.05) is 66.7 Å². The van der Waals surface area contributed by atoms with Gasteiger partial charge in [-0.2, -0.15) is 10.4 Å². The Kier molecular flexibility index (Phi) is 6.64. The predicted molar refractivity (Wildman–Crippen MR) is 109 cm³/mol. The normalized spacial score (nSPS) is 10.4. The van der Waals surface area contributed by atoms with Crippen LogP contribution >= 0.6 is 0 Å². The van der Waals surface area contributed by atoms with E-state index in [2.05, 4.69) is 16.6 Å². The van der Waals surface area contributed by atoms with Gasteiger partial charge in [-0.3, -0.25) is 0 Å². The first-order chi connectivity index (χ1) is 13.8. The molecule has 0 atom stereocenters. The van der Waals surface area contributed by atoms with Crippen molar-refractivity contribution in [1.29, 1.82) is 5.26 Å². The second-order valence-electron chi connectivity index (χ2n) is 6.04. The number of nitrogens with zero attached hydrogens (tertiary/aromatic N) is 2. The molecular formula is C23H21N3O2. The summed E-state index contributed by atoms with van der Waals surface area (Å²) in [6, 6.07) is 25.0. The number of hydrogen-bond acceptors (Lipinski definition) is 5. The molecule has 3 aromatic rings. The molecule has 28 heavy (non-hydrogen) atoms. The van der Waals surface area contributed by atoms with Gasteiger partial charge >= 0.3 is 0 Å². The van der Waals surface area contributed by atoms with Crippen LogP contribution in [0.2, 0.25) is 0 Å². The summed E-state index contributed by atoms with van der Waals surface area (Å²) in [7, 11) is 1.65. The van der Waals surface area contributed by atoms with Crippen LogP contribution in [0.1, 0.15) is 22.3 Å². The van der Waals surface area contributed by atoms with Crippen LogP contribution in [0.4, 0.5) is 0 Å². The van der Waals surface area contributed by atoms with Crippen molar-refractivity contribution in [3.05, 3.63) is 95.1 Å². The van der Waals surface area contributed by atoms with Gasteiger partial charge in [-0.1, -0.05) is 42.5 Å². The third kappa shape index (κ3) is 5.12. The molecule has 5 nitrogen and oxygen atoms in total. The zero-order chi connectivity index (χ0) is 19.6. The Labute approximate surface area is 164 Å². The molecule has 140 valence electrons. The summed E-state index contributed by atoms with van der Waals surface area (Å²) >= 11 is 0. The number of hydrogen-bond donors (Lipinski definition) is 1. The van der Waals surface area contributed by atoms with Crippen molar-refractivity contribution in [1.82, 2.24) is 5.43 Å². The van der Waals surface area contributed by atoms with E-state index in [1.54, 1.807) is 19.4 Å². The second kappa shape index (κ2) is 9.79. The summed E-state index contributed by atoms with van der Waals surface area (Å²) in [5.74, 6) is 1.56. The molecule has 0 aromatic heterocycles. The smallest absolute Gasteiger partial charge is 0.128 e. The Bertz CT molecular complexity index is 993. The van der Waals surface area contributed by atoms with Gasteiger partial charge in [-0.05, 0) is 35.9 Å². The molecule has 0 amide bonds. The fourth-order valence-corrected chi connectivity index (χ4v) is 2.71. The summed E-state index contributed by atoms with van der Waals surface area (Å²) in [6.45, 7) is 0.944. The standard InChI is InChI=1S/C23H21N3O2/c1-27-22-11-4-2-9-20(22)15-25-26-16-21-10-3-5-12-23(21)28-17-19-8-6-7-18(13-19)14-24/h2-13,16,25H,15,17H2,1H3/b26-16+. The minimum atomic E-state index is 0.384. The van der Waals surface area contributed by atoms with Gasteiger partial charge in [0.1, 0.15) is 18.1 Å². The van der Waals surface area contributed by atoms with Crippen LogP contribution in [-0.4, -0.2) is 13.3 Å². The molecule has 0 aliphatic carbocycles. The van der Waals surface area contributed by atoms with E-state index in [0.717, 1.165) is 28.2 Å². The van der Waals surface area contributed by atoms with Crippen LogP contribution < -0.4 is 14.9 Å². The summed E-state index contributed by atoms with van der Waals surface area (Å²) in [5, 5.41) is 13.3. The molecule has 0 radical (unpaired) electrons. The zero-order valence-corrected chi connectivity index (χ0v) is 15.6. The van der Waals surface area contributed by atoms with Crippen molar-refractivity contribution >= 4 is 6.21 Å². The molecule has 0 saturated heterocycles. The maximum absolute atomic E-state index is 9.00. The van der Waals surface area contributed by atoms with E-state index in [4.69, 9.17) is 14.7 Å². The molecule has 0 saturated carbocycles. The number of nitriles is 1. The Balaban J connectivity index is 1.61. The maximum Gasteiger partial charge on any atom is 0.128 e. The van der Waals surface area contributed by atoms with E-state index >= 15 is 0 Å². The molecule has 0 heterocycles. The van der Waals surface area contributed by atoms with Gasteiger partial charge in [0.15, 0.2) is 0 Å². The lowest BCUT2D eigenvalue weighted by Crippen LogP contribution is -2.07. The topological polar surface area (TPSA) is 66.6 Å². The Morgan fingerprint density at radius 3 is 2.61 bits per heavy atom. The lowest BCUT2D eigenvalue weighted by atomic mass is 10.1. The van der Waals surface area contributed by atoms with Crippen molar-refractivity contribution in [3.8, 4) is 17.6 Å². The van der Waals surface area contributed by atoms with Gasteiger partial charge in [0.2, 0.25) is 0 Å². The van der Waals surface area contributed by atoms with Crippen molar-refractivity contribution in [2.45, 2.75) is 13.2 Å². The number of para-hydroxylation sites is 2. The third-order valence-electron chi connectivity index (χ3n) is 4.13. The fourth-order valence-electron chi connectivity index (χ4n) is 2.71. The molecule has 3 rings (SSSR count). The highest BCUT2D eigenvalue weighted by atomic mass is 16.5. The fraction of sp³-hybridized carbons (Fsp3) is 0.130. The van der Waals surface area contributed by atoms with Crippen molar-refractivity contribution in [2.75, 3.05) is 7.11 Å². The zero-order valence-electron chi connectivity index (χ0n) is 15.6. The van der Waals surface area contributed by atoms with E-state index < -0.39 is 0 Å².